The molecule has 1 aliphatic rings. The average Bonchev–Trinajstić information content (AvgIpc) is 2.39. The van der Waals surface area contributed by atoms with E-state index in [0.29, 0.717) is 18.9 Å². The molecule has 112 valence electrons. The standard InChI is InChI=1S/C16H31NO2/c1-3-5-9-14(4-2)13-19-15(18)12-16(17)10-7-6-8-11-16/h14H,3-13,17H2,1-2H3. The van der Waals surface area contributed by atoms with Gasteiger partial charge in [0.15, 0.2) is 0 Å². The molecule has 0 heterocycles. The largest absolute Gasteiger partial charge is 0.465 e. The van der Waals surface area contributed by atoms with Crippen LogP contribution in [0.2, 0.25) is 0 Å². The Bertz CT molecular complexity index is 259. The van der Waals surface area contributed by atoms with Crippen molar-refractivity contribution in [2.45, 2.75) is 83.6 Å². The third-order valence-corrected chi connectivity index (χ3v) is 4.37. The third kappa shape index (κ3) is 6.42. The van der Waals surface area contributed by atoms with Gasteiger partial charge < -0.3 is 10.5 Å². The summed E-state index contributed by atoms with van der Waals surface area (Å²) in [6, 6.07) is 0. The molecule has 0 aliphatic heterocycles. The summed E-state index contributed by atoms with van der Waals surface area (Å²) in [7, 11) is 0. The average molecular weight is 269 g/mol. The van der Waals surface area contributed by atoms with Crippen molar-refractivity contribution in [3.8, 4) is 0 Å². The van der Waals surface area contributed by atoms with Crippen molar-refractivity contribution in [3.05, 3.63) is 0 Å². The van der Waals surface area contributed by atoms with Gasteiger partial charge in [0, 0.05) is 5.54 Å². The number of rotatable bonds is 8. The Balaban J connectivity index is 2.26. The van der Waals surface area contributed by atoms with Crippen LogP contribution in [0.4, 0.5) is 0 Å². The number of esters is 1. The molecular formula is C16H31NO2. The van der Waals surface area contributed by atoms with E-state index in [-0.39, 0.29) is 11.5 Å². The third-order valence-electron chi connectivity index (χ3n) is 4.37. The molecule has 1 fully saturated rings. The normalized spacial score (nSPS) is 19.9. The van der Waals surface area contributed by atoms with Gasteiger partial charge in [0.1, 0.15) is 0 Å². The minimum atomic E-state index is -0.291. The number of hydrogen-bond acceptors (Lipinski definition) is 3. The number of nitrogens with two attached hydrogens (primary N) is 1. The summed E-state index contributed by atoms with van der Waals surface area (Å²) < 4.78 is 5.44. The second-order valence-electron chi connectivity index (χ2n) is 6.20. The highest BCUT2D eigenvalue weighted by atomic mass is 16.5. The van der Waals surface area contributed by atoms with Crippen LogP contribution in [0.15, 0.2) is 0 Å². The highest BCUT2D eigenvalue weighted by Crippen LogP contribution is 2.29. The van der Waals surface area contributed by atoms with Gasteiger partial charge in [-0.2, -0.15) is 0 Å². The van der Waals surface area contributed by atoms with Gasteiger partial charge in [-0.1, -0.05) is 52.4 Å². The van der Waals surface area contributed by atoms with Gasteiger partial charge in [-0.05, 0) is 25.2 Å². The van der Waals surface area contributed by atoms with Gasteiger partial charge in [0.2, 0.25) is 0 Å². The van der Waals surface area contributed by atoms with E-state index in [4.69, 9.17) is 10.5 Å². The highest BCUT2D eigenvalue weighted by Gasteiger charge is 2.30. The molecule has 1 unspecified atom stereocenters. The van der Waals surface area contributed by atoms with Crippen molar-refractivity contribution < 1.29 is 9.53 Å². The maximum atomic E-state index is 11.9. The number of unbranched alkanes of at least 4 members (excludes halogenated alkanes) is 1. The van der Waals surface area contributed by atoms with E-state index in [2.05, 4.69) is 13.8 Å². The Morgan fingerprint density at radius 3 is 2.53 bits per heavy atom. The predicted octanol–water partition coefficient (Wildman–Crippen LogP) is 3.80. The maximum absolute atomic E-state index is 11.9. The van der Waals surface area contributed by atoms with Crippen LogP contribution in [0.3, 0.4) is 0 Å². The molecule has 0 aromatic carbocycles. The van der Waals surface area contributed by atoms with Crippen LogP contribution in [-0.2, 0) is 9.53 Å². The second-order valence-corrected chi connectivity index (χ2v) is 6.20. The summed E-state index contributed by atoms with van der Waals surface area (Å²) in [5.74, 6) is 0.420. The van der Waals surface area contributed by atoms with Gasteiger partial charge in [-0.3, -0.25) is 4.79 Å². The molecule has 0 saturated heterocycles. The number of hydrogen-bond donors (Lipinski definition) is 1. The van der Waals surface area contributed by atoms with Gasteiger partial charge >= 0.3 is 5.97 Å². The minimum Gasteiger partial charge on any atom is -0.465 e. The molecule has 0 aromatic heterocycles. The van der Waals surface area contributed by atoms with E-state index in [9.17, 15) is 4.79 Å². The molecule has 1 aliphatic carbocycles. The van der Waals surface area contributed by atoms with E-state index < -0.39 is 0 Å². The molecule has 3 heteroatoms. The first-order valence-electron chi connectivity index (χ1n) is 8.04. The van der Waals surface area contributed by atoms with E-state index in [1.807, 2.05) is 0 Å². The van der Waals surface area contributed by atoms with Crippen LogP contribution in [-0.4, -0.2) is 18.1 Å². The van der Waals surface area contributed by atoms with Crippen LogP contribution in [0.1, 0.15) is 78.1 Å². The molecular weight excluding hydrogens is 238 g/mol. The Labute approximate surface area is 118 Å². The molecule has 0 amide bonds. The zero-order valence-corrected chi connectivity index (χ0v) is 12.7. The smallest absolute Gasteiger partial charge is 0.307 e. The SMILES string of the molecule is CCCCC(CC)COC(=O)CC1(N)CCCCC1. The highest BCUT2D eigenvalue weighted by molar-refractivity contribution is 5.70. The lowest BCUT2D eigenvalue weighted by atomic mass is 9.80. The fourth-order valence-corrected chi connectivity index (χ4v) is 2.88. The second kappa shape index (κ2) is 8.57. The number of ether oxygens (including phenoxy) is 1. The Hall–Kier alpha value is -0.570. The fraction of sp³-hybridized carbons (Fsp3) is 0.938. The molecule has 0 aromatic rings. The van der Waals surface area contributed by atoms with E-state index in [1.165, 1.54) is 19.3 Å². The first-order chi connectivity index (χ1) is 9.09. The number of carbonyl (C=O) groups is 1. The van der Waals surface area contributed by atoms with Crippen LogP contribution in [0.5, 0.6) is 0 Å². The first kappa shape index (κ1) is 16.5. The summed E-state index contributed by atoms with van der Waals surface area (Å²) in [6.45, 7) is 4.94. The minimum absolute atomic E-state index is 0.0978. The van der Waals surface area contributed by atoms with Crippen molar-refractivity contribution in [2.24, 2.45) is 11.7 Å². The van der Waals surface area contributed by atoms with E-state index >= 15 is 0 Å². The summed E-state index contributed by atoms with van der Waals surface area (Å²) >= 11 is 0. The van der Waals surface area contributed by atoms with Gasteiger partial charge in [-0.15, -0.1) is 0 Å². The van der Waals surface area contributed by atoms with E-state index in [0.717, 1.165) is 38.5 Å². The lowest BCUT2D eigenvalue weighted by Gasteiger charge is -2.32. The lowest BCUT2D eigenvalue weighted by molar-refractivity contribution is -0.146. The van der Waals surface area contributed by atoms with Crippen molar-refractivity contribution in [1.29, 1.82) is 0 Å². The molecule has 0 bridgehead atoms. The number of carbonyl (C=O) groups excluding carboxylic acids is 1. The van der Waals surface area contributed by atoms with Crippen molar-refractivity contribution in [2.75, 3.05) is 6.61 Å². The molecule has 1 atom stereocenters. The predicted molar refractivity (Wildman–Crippen MR) is 78.9 cm³/mol. The zero-order chi connectivity index (χ0) is 14.1. The summed E-state index contributed by atoms with van der Waals surface area (Å²) in [5.41, 5.74) is 5.99. The van der Waals surface area contributed by atoms with Crippen LogP contribution in [0, 0.1) is 5.92 Å². The Morgan fingerprint density at radius 1 is 1.26 bits per heavy atom. The van der Waals surface area contributed by atoms with Crippen LogP contribution in [0.25, 0.3) is 0 Å². The summed E-state index contributed by atoms with van der Waals surface area (Å²) in [4.78, 5) is 11.9. The van der Waals surface area contributed by atoms with Crippen molar-refractivity contribution in [3.63, 3.8) is 0 Å². The quantitative estimate of drug-likeness (QED) is 0.682. The monoisotopic (exact) mass is 269 g/mol. The van der Waals surface area contributed by atoms with E-state index in [1.54, 1.807) is 0 Å². The molecule has 19 heavy (non-hydrogen) atoms. The molecule has 3 nitrogen and oxygen atoms in total. The zero-order valence-electron chi connectivity index (χ0n) is 12.7. The summed E-state index contributed by atoms with van der Waals surface area (Å²) in [6.07, 6.45) is 10.6. The Morgan fingerprint density at radius 2 is 1.95 bits per heavy atom. The topological polar surface area (TPSA) is 52.3 Å². The van der Waals surface area contributed by atoms with Crippen molar-refractivity contribution >= 4 is 5.97 Å². The van der Waals surface area contributed by atoms with Gasteiger partial charge in [-0.25, -0.2) is 0 Å². The van der Waals surface area contributed by atoms with Crippen LogP contribution < -0.4 is 5.73 Å². The molecule has 0 radical (unpaired) electrons. The molecule has 1 saturated carbocycles. The van der Waals surface area contributed by atoms with Gasteiger partial charge in [0.05, 0.1) is 13.0 Å². The Kier molecular flexibility index (Phi) is 7.44. The van der Waals surface area contributed by atoms with Crippen LogP contribution >= 0.6 is 0 Å². The molecule has 2 N–H and O–H groups in total. The molecule has 1 rings (SSSR count). The lowest BCUT2D eigenvalue weighted by Crippen LogP contribution is -2.44. The maximum Gasteiger partial charge on any atom is 0.307 e. The van der Waals surface area contributed by atoms with Gasteiger partial charge in [0.25, 0.3) is 0 Å². The summed E-state index contributed by atoms with van der Waals surface area (Å²) in [5, 5.41) is 0. The van der Waals surface area contributed by atoms with Crippen molar-refractivity contribution in [1.82, 2.24) is 0 Å². The first-order valence-corrected chi connectivity index (χ1v) is 8.04. The fourth-order valence-electron chi connectivity index (χ4n) is 2.88. The molecule has 0 spiro atoms.